The second-order valence-electron chi connectivity index (χ2n) is 6.58. The molecule has 1 amide bonds. The molecule has 0 radical (unpaired) electrons. The van der Waals surface area contributed by atoms with Gasteiger partial charge in [0.1, 0.15) is 5.76 Å². The highest BCUT2D eigenvalue weighted by Crippen LogP contribution is 2.20. The number of nitrogens with zero attached hydrogens (tertiary/aromatic N) is 2. The summed E-state index contributed by atoms with van der Waals surface area (Å²) < 4.78 is 32.3. The number of benzene rings is 1. The molecule has 0 atom stereocenters. The van der Waals surface area contributed by atoms with E-state index in [4.69, 9.17) is 24.2 Å². The number of aliphatic carboxylic acids is 2. The SMILES string of the molecule is CC(=O)Nc1ccc(S(=O)(=O)N2CCN(Cc3ccco3)CC2)cc1.O=C(O)C(=O)O. The minimum atomic E-state index is -3.52. The molecule has 31 heavy (non-hydrogen) atoms. The number of piperazine rings is 1. The van der Waals surface area contributed by atoms with Gasteiger partial charge in [0, 0.05) is 38.8 Å². The summed E-state index contributed by atoms with van der Waals surface area (Å²) in [5, 5.41) is 17.4. The Bertz CT molecular complexity index is 983. The van der Waals surface area contributed by atoms with Crippen LogP contribution in [0.1, 0.15) is 12.7 Å². The molecule has 0 spiro atoms. The fraction of sp³-hybridized carbons (Fsp3) is 0.316. The van der Waals surface area contributed by atoms with Crippen molar-refractivity contribution < 1.29 is 37.4 Å². The largest absolute Gasteiger partial charge is 0.473 e. The van der Waals surface area contributed by atoms with Gasteiger partial charge >= 0.3 is 11.9 Å². The Balaban J connectivity index is 0.000000501. The van der Waals surface area contributed by atoms with Crippen molar-refractivity contribution in [2.24, 2.45) is 0 Å². The number of furan rings is 1. The van der Waals surface area contributed by atoms with E-state index >= 15 is 0 Å². The summed E-state index contributed by atoms with van der Waals surface area (Å²) in [6, 6.07) is 10.0. The first kappa shape index (κ1) is 24.1. The second-order valence-corrected chi connectivity index (χ2v) is 8.51. The number of carboxylic acid groups (broad SMARTS) is 2. The van der Waals surface area contributed by atoms with Crippen LogP contribution in [0.25, 0.3) is 0 Å². The highest BCUT2D eigenvalue weighted by atomic mass is 32.2. The van der Waals surface area contributed by atoms with Crippen LogP contribution in [0.15, 0.2) is 52.0 Å². The summed E-state index contributed by atoms with van der Waals surface area (Å²) >= 11 is 0. The summed E-state index contributed by atoms with van der Waals surface area (Å²) in [7, 11) is -3.52. The Labute approximate surface area is 178 Å². The molecule has 0 saturated carbocycles. The van der Waals surface area contributed by atoms with Crippen molar-refractivity contribution in [2.75, 3.05) is 31.5 Å². The van der Waals surface area contributed by atoms with Crippen molar-refractivity contribution in [3.05, 3.63) is 48.4 Å². The Morgan fingerprint density at radius 3 is 2.03 bits per heavy atom. The number of anilines is 1. The molecule has 2 heterocycles. The maximum Gasteiger partial charge on any atom is 0.414 e. The molecule has 2 aromatic rings. The van der Waals surface area contributed by atoms with Crippen LogP contribution >= 0.6 is 0 Å². The Morgan fingerprint density at radius 2 is 1.58 bits per heavy atom. The Kier molecular flexibility index (Phi) is 8.30. The molecule has 3 rings (SSSR count). The van der Waals surface area contributed by atoms with Crippen LogP contribution in [0.2, 0.25) is 0 Å². The molecule has 12 heteroatoms. The summed E-state index contributed by atoms with van der Waals surface area (Å²) in [4.78, 5) is 31.6. The molecule has 168 valence electrons. The molecule has 0 bridgehead atoms. The predicted octanol–water partition coefficient (Wildman–Crippen LogP) is 0.900. The van der Waals surface area contributed by atoms with Gasteiger partial charge in [-0.25, -0.2) is 18.0 Å². The van der Waals surface area contributed by atoms with Crippen LogP contribution in [0.3, 0.4) is 0 Å². The summed E-state index contributed by atoms with van der Waals surface area (Å²) in [6.07, 6.45) is 1.64. The fourth-order valence-corrected chi connectivity index (χ4v) is 4.24. The average Bonchev–Trinajstić information content (AvgIpc) is 3.22. The van der Waals surface area contributed by atoms with E-state index in [9.17, 15) is 13.2 Å². The molecule has 3 N–H and O–H groups in total. The van der Waals surface area contributed by atoms with E-state index in [2.05, 4.69) is 10.2 Å². The normalized spacial score (nSPS) is 14.9. The highest BCUT2D eigenvalue weighted by Gasteiger charge is 2.28. The lowest BCUT2D eigenvalue weighted by Gasteiger charge is -2.33. The third kappa shape index (κ3) is 7.20. The molecule has 1 aliphatic heterocycles. The minimum absolute atomic E-state index is 0.191. The maximum atomic E-state index is 12.7. The van der Waals surface area contributed by atoms with E-state index in [-0.39, 0.29) is 10.8 Å². The van der Waals surface area contributed by atoms with Crippen molar-refractivity contribution in [3.63, 3.8) is 0 Å². The van der Waals surface area contributed by atoms with Gasteiger partial charge in [-0.2, -0.15) is 4.31 Å². The van der Waals surface area contributed by atoms with Crippen LogP contribution in [0.5, 0.6) is 0 Å². The number of carbonyl (C=O) groups is 3. The molecule has 1 fully saturated rings. The predicted molar refractivity (Wildman–Crippen MR) is 109 cm³/mol. The lowest BCUT2D eigenvalue weighted by molar-refractivity contribution is -0.159. The van der Waals surface area contributed by atoms with Gasteiger partial charge in [0.2, 0.25) is 15.9 Å². The number of carboxylic acids is 2. The van der Waals surface area contributed by atoms with Gasteiger partial charge in [-0.3, -0.25) is 9.69 Å². The quantitative estimate of drug-likeness (QED) is 0.559. The number of amides is 1. The highest BCUT2D eigenvalue weighted by molar-refractivity contribution is 7.89. The molecule has 1 aliphatic rings. The smallest absolute Gasteiger partial charge is 0.414 e. The van der Waals surface area contributed by atoms with E-state index in [0.717, 1.165) is 5.76 Å². The number of rotatable bonds is 5. The Morgan fingerprint density at radius 1 is 1.00 bits per heavy atom. The molecule has 0 aliphatic carbocycles. The molecule has 0 unspecified atom stereocenters. The van der Waals surface area contributed by atoms with Crippen LogP contribution < -0.4 is 5.32 Å². The van der Waals surface area contributed by atoms with Crippen LogP contribution in [-0.2, 0) is 31.0 Å². The molecular formula is C19H23N3O8S. The number of nitrogens with one attached hydrogen (secondary N) is 1. The van der Waals surface area contributed by atoms with Gasteiger partial charge in [-0.15, -0.1) is 0 Å². The zero-order valence-electron chi connectivity index (χ0n) is 16.7. The standard InChI is InChI=1S/C17H21N3O4S.C2H2O4/c1-14(21)18-15-4-6-17(7-5-15)25(22,23)20-10-8-19(9-11-20)13-16-3-2-12-24-16;3-1(4)2(5)6/h2-7,12H,8-11,13H2,1H3,(H,18,21);(H,3,4)(H,5,6). The van der Waals surface area contributed by atoms with E-state index in [1.807, 2.05) is 12.1 Å². The zero-order chi connectivity index (χ0) is 23.0. The molecule has 1 saturated heterocycles. The molecule has 1 aromatic heterocycles. The third-order valence-corrected chi connectivity index (χ3v) is 6.20. The van der Waals surface area contributed by atoms with Gasteiger partial charge in [0.05, 0.1) is 17.7 Å². The van der Waals surface area contributed by atoms with E-state index in [1.165, 1.54) is 23.4 Å². The van der Waals surface area contributed by atoms with Crippen molar-refractivity contribution in [1.82, 2.24) is 9.21 Å². The van der Waals surface area contributed by atoms with Crippen LogP contribution in [0, 0.1) is 0 Å². The van der Waals surface area contributed by atoms with E-state index in [1.54, 1.807) is 18.4 Å². The zero-order valence-corrected chi connectivity index (χ0v) is 17.5. The van der Waals surface area contributed by atoms with Crippen LogP contribution in [-0.4, -0.2) is 71.9 Å². The number of hydrogen-bond donors (Lipinski definition) is 3. The first-order chi connectivity index (χ1) is 14.6. The first-order valence-corrected chi connectivity index (χ1v) is 10.6. The van der Waals surface area contributed by atoms with Gasteiger partial charge < -0.3 is 19.9 Å². The monoisotopic (exact) mass is 453 g/mol. The number of carbonyl (C=O) groups excluding carboxylic acids is 1. The summed E-state index contributed by atoms with van der Waals surface area (Å²) in [5.41, 5.74) is 0.578. The van der Waals surface area contributed by atoms with Gasteiger partial charge in [-0.05, 0) is 36.4 Å². The summed E-state index contributed by atoms with van der Waals surface area (Å²) in [6.45, 7) is 4.29. The minimum Gasteiger partial charge on any atom is -0.473 e. The maximum absolute atomic E-state index is 12.7. The molecule has 1 aromatic carbocycles. The van der Waals surface area contributed by atoms with Gasteiger partial charge in [0.25, 0.3) is 0 Å². The van der Waals surface area contributed by atoms with Crippen molar-refractivity contribution in [1.29, 1.82) is 0 Å². The van der Waals surface area contributed by atoms with Crippen molar-refractivity contribution in [3.8, 4) is 0 Å². The topological polar surface area (TPSA) is 157 Å². The Hall–Kier alpha value is -3.22. The second kappa shape index (κ2) is 10.7. The first-order valence-electron chi connectivity index (χ1n) is 9.18. The lowest BCUT2D eigenvalue weighted by Crippen LogP contribution is -2.48. The van der Waals surface area contributed by atoms with Crippen molar-refractivity contribution in [2.45, 2.75) is 18.4 Å². The molecular weight excluding hydrogens is 430 g/mol. The average molecular weight is 453 g/mol. The number of sulfonamides is 1. The third-order valence-electron chi connectivity index (χ3n) is 4.29. The molecule has 11 nitrogen and oxygen atoms in total. The van der Waals surface area contributed by atoms with Crippen LogP contribution in [0.4, 0.5) is 5.69 Å². The fourth-order valence-electron chi connectivity index (χ4n) is 2.81. The van der Waals surface area contributed by atoms with Crippen molar-refractivity contribution >= 4 is 33.6 Å². The van der Waals surface area contributed by atoms with Gasteiger partial charge in [-0.1, -0.05) is 0 Å². The number of hydrogen-bond acceptors (Lipinski definition) is 7. The lowest BCUT2D eigenvalue weighted by atomic mass is 10.3. The van der Waals surface area contributed by atoms with Gasteiger partial charge in [0.15, 0.2) is 0 Å². The van der Waals surface area contributed by atoms with E-state index < -0.39 is 22.0 Å². The van der Waals surface area contributed by atoms with E-state index in [0.29, 0.717) is 38.4 Å². The summed E-state index contributed by atoms with van der Waals surface area (Å²) in [5.74, 6) is -2.96.